The Hall–Kier alpha value is -2.09. The van der Waals surface area contributed by atoms with Crippen LogP contribution in [-0.2, 0) is 0 Å². The molecule has 0 saturated carbocycles. The summed E-state index contributed by atoms with van der Waals surface area (Å²) in [7, 11) is 1.60. The van der Waals surface area contributed by atoms with Gasteiger partial charge in [0.25, 0.3) is 5.91 Å². The summed E-state index contributed by atoms with van der Waals surface area (Å²) in [6.45, 7) is 4.63. The number of halogens is 1. The van der Waals surface area contributed by atoms with Crippen molar-refractivity contribution in [2.24, 2.45) is 5.10 Å². The van der Waals surface area contributed by atoms with Gasteiger partial charge in [-0.05, 0) is 65.8 Å². The fourth-order valence-corrected chi connectivity index (χ4v) is 2.96. The number of carbonyl (C=O) groups excluding carboxylic acids is 1. The molecule has 0 radical (unpaired) electrons. The normalized spacial score (nSPS) is 10.7. The number of aryl methyl sites for hydroxylation is 1. The molecule has 0 bridgehead atoms. The molecule has 6 heteroatoms. The summed E-state index contributed by atoms with van der Waals surface area (Å²) in [4.78, 5) is 12.1. The molecule has 2 aromatic rings. The Bertz CT molecular complexity index is 775. The second-order valence-electron chi connectivity index (χ2n) is 5.45. The van der Waals surface area contributed by atoms with Gasteiger partial charge in [0.1, 0.15) is 0 Å². The molecule has 0 saturated heterocycles. The van der Waals surface area contributed by atoms with Gasteiger partial charge in [-0.3, -0.25) is 4.79 Å². The van der Waals surface area contributed by atoms with E-state index < -0.39 is 0 Å². The third kappa shape index (κ3) is 5.45. The van der Waals surface area contributed by atoms with Crippen LogP contribution in [-0.4, -0.2) is 25.8 Å². The zero-order chi connectivity index (χ0) is 18.2. The number of hydrogen-bond acceptors (Lipinski definition) is 4. The van der Waals surface area contributed by atoms with Crippen LogP contribution in [0.5, 0.6) is 11.5 Å². The number of carbonyl (C=O) groups is 1. The maximum absolute atomic E-state index is 12.1. The quantitative estimate of drug-likeness (QED) is 0.390. The van der Waals surface area contributed by atoms with Crippen LogP contribution in [0.3, 0.4) is 0 Å². The van der Waals surface area contributed by atoms with Crippen LogP contribution in [0.1, 0.15) is 34.8 Å². The first kappa shape index (κ1) is 19.2. The van der Waals surface area contributed by atoms with Crippen LogP contribution in [0.15, 0.2) is 41.5 Å². The molecule has 2 rings (SSSR count). The van der Waals surface area contributed by atoms with Crippen LogP contribution in [0.25, 0.3) is 0 Å². The van der Waals surface area contributed by atoms with E-state index in [1.807, 2.05) is 37.3 Å². The van der Waals surface area contributed by atoms with E-state index in [1.54, 1.807) is 19.4 Å². The number of hydrazone groups is 1. The van der Waals surface area contributed by atoms with Crippen molar-refractivity contribution in [3.8, 4) is 11.5 Å². The first-order chi connectivity index (χ1) is 12.0. The molecule has 2 aromatic carbocycles. The molecule has 0 unspecified atom stereocenters. The second-order valence-corrected chi connectivity index (χ2v) is 6.61. The smallest absolute Gasteiger partial charge is 0.271 e. The van der Waals surface area contributed by atoms with Gasteiger partial charge in [0.15, 0.2) is 11.5 Å². The molecule has 0 atom stereocenters. The Labute approximate surface area is 161 Å². The van der Waals surface area contributed by atoms with E-state index in [4.69, 9.17) is 9.47 Å². The summed E-state index contributed by atoms with van der Waals surface area (Å²) in [5, 5.41) is 4.03. The van der Waals surface area contributed by atoms with E-state index in [0.29, 0.717) is 17.9 Å². The molecule has 0 aliphatic rings. The molecule has 132 valence electrons. The van der Waals surface area contributed by atoms with Gasteiger partial charge in [-0.2, -0.15) is 5.10 Å². The summed E-state index contributed by atoms with van der Waals surface area (Å²) in [6, 6.07) is 11.1. The van der Waals surface area contributed by atoms with Gasteiger partial charge >= 0.3 is 0 Å². The van der Waals surface area contributed by atoms with Gasteiger partial charge in [0.2, 0.25) is 0 Å². The number of benzene rings is 2. The van der Waals surface area contributed by atoms with Gasteiger partial charge in [-0.1, -0.05) is 24.6 Å². The fraction of sp³-hybridized carbons (Fsp3) is 0.263. The maximum Gasteiger partial charge on any atom is 0.271 e. The van der Waals surface area contributed by atoms with E-state index >= 15 is 0 Å². The molecule has 0 fully saturated rings. The topological polar surface area (TPSA) is 59.9 Å². The molecule has 25 heavy (non-hydrogen) atoms. The molecule has 5 nitrogen and oxygen atoms in total. The highest BCUT2D eigenvalue weighted by Gasteiger charge is 2.11. The molecule has 0 aliphatic carbocycles. The lowest BCUT2D eigenvalue weighted by Crippen LogP contribution is -2.17. The molecule has 0 aliphatic heterocycles. The van der Waals surface area contributed by atoms with Crippen LogP contribution in [0, 0.1) is 10.5 Å². The summed E-state index contributed by atoms with van der Waals surface area (Å²) >= 11 is 2.20. The van der Waals surface area contributed by atoms with Gasteiger partial charge < -0.3 is 9.47 Å². The lowest BCUT2D eigenvalue weighted by atomic mass is 10.1. The molecule has 0 heterocycles. The van der Waals surface area contributed by atoms with Crippen LogP contribution in [0.2, 0.25) is 0 Å². The number of nitrogens with zero attached hydrogens (tertiary/aromatic N) is 1. The van der Waals surface area contributed by atoms with E-state index in [0.717, 1.165) is 26.9 Å². The van der Waals surface area contributed by atoms with Crippen molar-refractivity contribution in [2.45, 2.75) is 20.3 Å². The van der Waals surface area contributed by atoms with Crippen LogP contribution < -0.4 is 14.9 Å². The largest absolute Gasteiger partial charge is 0.493 e. The van der Waals surface area contributed by atoms with Gasteiger partial charge in [0, 0.05) is 5.56 Å². The Morgan fingerprint density at radius 2 is 2.12 bits per heavy atom. The van der Waals surface area contributed by atoms with Gasteiger partial charge in [-0.25, -0.2) is 5.43 Å². The lowest BCUT2D eigenvalue weighted by Gasteiger charge is -2.12. The molecular weight excluding hydrogens is 431 g/mol. The fourth-order valence-electron chi connectivity index (χ4n) is 2.17. The van der Waals surface area contributed by atoms with Crippen LogP contribution in [0.4, 0.5) is 0 Å². The summed E-state index contributed by atoms with van der Waals surface area (Å²) in [6.07, 6.45) is 2.51. The summed E-state index contributed by atoms with van der Waals surface area (Å²) in [5.74, 6) is 1.13. The van der Waals surface area contributed by atoms with E-state index in [-0.39, 0.29) is 5.91 Å². The van der Waals surface area contributed by atoms with E-state index in [1.165, 1.54) is 0 Å². The van der Waals surface area contributed by atoms with Crippen molar-refractivity contribution in [1.29, 1.82) is 0 Å². The number of amides is 1. The van der Waals surface area contributed by atoms with Crippen molar-refractivity contribution < 1.29 is 14.3 Å². The van der Waals surface area contributed by atoms with Crippen molar-refractivity contribution >= 4 is 34.7 Å². The monoisotopic (exact) mass is 452 g/mol. The zero-order valence-corrected chi connectivity index (χ0v) is 16.7. The highest BCUT2D eigenvalue weighted by molar-refractivity contribution is 14.1. The Morgan fingerprint density at radius 3 is 2.80 bits per heavy atom. The third-order valence-electron chi connectivity index (χ3n) is 3.36. The van der Waals surface area contributed by atoms with Gasteiger partial charge in [0.05, 0.1) is 23.5 Å². The van der Waals surface area contributed by atoms with Crippen molar-refractivity contribution in [1.82, 2.24) is 5.43 Å². The number of hydrogen-bond donors (Lipinski definition) is 1. The second kappa shape index (κ2) is 9.41. The SMILES string of the molecule is CCCOc1c(I)cc(/C=N/NC(=O)c2cccc(C)c2)cc1OC. The van der Waals surface area contributed by atoms with Crippen molar-refractivity contribution in [2.75, 3.05) is 13.7 Å². The zero-order valence-electron chi connectivity index (χ0n) is 14.5. The molecule has 1 amide bonds. The minimum atomic E-state index is -0.246. The number of rotatable bonds is 7. The van der Waals surface area contributed by atoms with E-state index in [9.17, 15) is 4.79 Å². The lowest BCUT2D eigenvalue weighted by molar-refractivity contribution is 0.0955. The standard InChI is InChI=1S/C19H21IN2O3/c1-4-8-25-18-16(20)10-14(11-17(18)24-3)12-21-22-19(23)15-7-5-6-13(2)9-15/h5-7,9-12H,4,8H2,1-3H3,(H,22,23)/b21-12+. The Kier molecular flexibility index (Phi) is 7.24. The summed E-state index contributed by atoms with van der Waals surface area (Å²) in [5.41, 5.74) is 4.95. The van der Waals surface area contributed by atoms with Crippen LogP contribution >= 0.6 is 22.6 Å². The van der Waals surface area contributed by atoms with Crippen molar-refractivity contribution in [3.05, 3.63) is 56.7 Å². The number of ether oxygens (including phenoxy) is 2. The molecule has 1 N–H and O–H groups in total. The predicted octanol–water partition coefficient (Wildman–Crippen LogP) is 4.16. The summed E-state index contributed by atoms with van der Waals surface area (Å²) < 4.78 is 12.1. The number of methoxy groups -OCH3 is 1. The first-order valence-corrected chi connectivity index (χ1v) is 9.03. The third-order valence-corrected chi connectivity index (χ3v) is 4.16. The average Bonchev–Trinajstić information content (AvgIpc) is 2.60. The maximum atomic E-state index is 12.1. The molecule has 0 aromatic heterocycles. The Balaban J connectivity index is 2.10. The van der Waals surface area contributed by atoms with E-state index in [2.05, 4.69) is 40.0 Å². The molecule has 0 spiro atoms. The highest BCUT2D eigenvalue weighted by atomic mass is 127. The Morgan fingerprint density at radius 1 is 1.32 bits per heavy atom. The highest BCUT2D eigenvalue weighted by Crippen LogP contribution is 2.33. The minimum Gasteiger partial charge on any atom is -0.493 e. The van der Waals surface area contributed by atoms with Crippen molar-refractivity contribution in [3.63, 3.8) is 0 Å². The molecular formula is C19H21IN2O3. The average molecular weight is 452 g/mol. The number of nitrogens with one attached hydrogen (secondary N) is 1. The minimum absolute atomic E-state index is 0.246. The van der Waals surface area contributed by atoms with Gasteiger partial charge in [-0.15, -0.1) is 0 Å². The first-order valence-electron chi connectivity index (χ1n) is 7.95. The predicted molar refractivity (Wildman–Crippen MR) is 108 cm³/mol.